The number of nitrogens with zero attached hydrogens (tertiary/aromatic N) is 3. The van der Waals surface area contributed by atoms with Crippen LogP contribution in [0.15, 0.2) is 4.49 Å². The lowest BCUT2D eigenvalue weighted by atomic mass is 10.3. The van der Waals surface area contributed by atoms with Gasteiger partial charge in [0.15, 0.2) is 0 Å². The van der Waals surface area contributed by atoms with Crippen LogP contribution in [-0.2, 0) is 0 Å². The van der Waals surface area contributed by atoms with Gasteiger partial charge in [0.2, 0.25) is 5.95 Å². The number of nitrogens with one attached hydrogen (secondary N) is 1. The van der Waals surface area contributed by atoms with Crippen LogP contribution in [0.1, 0.15) is 5.56 Å². The fourth-order valence-corrected chi connectivity index (χ4v) is 2.21. The molecule has 0 saturated carbocycles. The molecular formula is C9H7Cl4N5O. The average Bonchev–Trinajstić information content (AvgIpc) is 2.74. The third kappa shape index (κ3) is 2.81. The van der Waals surface area contributed by atoms with E-state index in [2.05, 4.69) is 15.3 Å². The van der Waals surface area contributed by atoms with Gasteiger partial charge in [-0.2, -0.15) is 9.97 Å². The molecule has 1 aromatic heterocycles. The molecule has 3 N–H and O–H groups in total. The molecule has 0 spiro atoms. The van der Waals surface area contributed by atoms with E-state index in [-0.39, 0.29) is 38.0 Å². The van der Waals surface area contributed by atoms with Gasteiger partial charge < -0.3 is 11.1 Å². The van der Waals surface area contributed by atoms with Gasteiger partial charge in [0.1, 0.15) is 15.5 Å². The molecule has 2 amide bonds. The molecule has 102 valence electrons. The van der Waals surface area contributed by atoms with E-state index in [1.54, 1.807) is 0 Å². The Morgan fingerprint density at radius 3 is 2.47 bits per heavy atom. The largest absolute Gasteiger partial charge is 0.383 e. The molecule has 0 bridgehead atoms. The number of halogens is 4. The van der Waals surface area contributed by atoms with Gasteiger partial charge >= 0.3 is 6.03 Å². The van der Waals surface area contributed by atoms with E-state index < -0.39 is 0 Å². The number of amides is 2. The van der Waals surface area contributed by atoms with Crippen molar-refractivity contribution in [1.29, 1.82) is 0 Å². The molecule has 1 saturated heterocycles. The highest BCUT2D eigenvalue weighted by Crippen LogP contribution is 2.35. The number of hydrogen-bond acceptors (Lipinski definition) is 4. The van der Waals surface area contributed by atoms with Crippen molar-refractivity contribution in [3.8, 4) is 0 Å². The van der Waals surface area contributed by atoms with Gasteiger partial charge in [-0.25, -0.2) is 4.79 Å². The van der Waals surface area contributed by atoms with Crippen LogP contribution >= 0.6 is 46.4 Å². The van der Waals surface area contributed by atoms with Crippen molar-refractivity contribution in [1.82, 2.24) is 15.3 Å². The molecule has 2 heterocycles. The van der Waals surface area contributed by atoms with Crippen LogP contribution < -0.4 is 16.0 Å². The second kappa shape index (κ2) is 5.58. The van der Waals surface area contributed by atoms with Gasteiger partial charge in [-0.05, 0) is 0 Å². The Kier molecular flexibility index (Phi) is 4.25. The van der Waals surface area contributed by atoms with Crippen LogP contribution in [0.2, 0.25) is 5.15 Å². The summed E-state index contributed by atoms with van der Waals surface area (Å²) in [6.45, 7) is 0.920. The minimum atomic E-state index is -0.319. The van der Waals surface area contributed by atoms with Crippen LogP contribution in [-0.4, -0.2) is 29.1 Å². The third-order valence-corrected chi connectivity index (χ3v) is 3.59. The van der Waals surface area contributed by atoms with Gasteiger partial charge in [-0.3, -0.25) is 4.90 Å². The lowest BCUT2D eigenvalue weighted by Gasteiger charge is -2.14. The lowest BCUT2D eigenvalue weighted by molar-refractivity contribution is 0.252. The second-order valence-electron chi connectivity index (χ2n) is 3.53. The molecule has 1 fully saturated rings. The average molecular weight is 343 g/mol. The van der Waals surface area contributed by atoms with Crippen LogP contribution in [0.5, 0.6) is 0 Å². The maximum atomic E-state index is 11.5. The van der Waals surface area contributed by atoms with Gasteiger partial charge in [-0.15, -0.1) is 0 Å². The normalized spacial score (nSPS) is 14.5. The smallest absolute Gasteiger partial charge is 0.324 e. The minimum absolute atomic E-state index is 0.0153. The summed E-state index contributed by atoms with van der Waals surface area (Å²) >= 11 is 23.0. The number of nitrogen functional groups attached to an aromatic ring is 1. The highest BCUT2D eigenvalue weighted by Gasteiger charge is 2.26. The van der Waals surface area contributed by atoms with Crippen molar-refractivity contribution in [3.05, 3.63) is 15.2 Å². The molecule has 1 aliphatic rings. The molecule has 19 heavy (non-hydrogen) atoms. The summed E-state index contributed by atoms with van der Waals surface area (Å²) in [6, 6.07) is -0.319. The van der Waals surface area contributed by atoms with Crippen LogP contribution in [0, 0.1) is 0 Å². The van der Waals surface area contributed by atoms with E-state index in [1.807, 2.05) is 0 Å². The summed E-state index contributed by atoms with van der Waals surface area (Å²) in [6.07, 6.45) is 0. The number of carbonyl (C=O) groups excluding carboxylic acids is 1. The molecule has 0 aromatic carbocycles. The standard InChI is InChI=1S/C9H7Cl4N5O/c10-4(5(11)12)3-6(13)16-8(17-7(3)14)18-2-1-15-9(18)19/h1-2H2,(H,15,19)(H2,14,16,17). The lowest BCUT2D eigenvalue weighted by Crippen LogP contribution is -2.29. The van der Waals surface area contributed by atoms with Crippen LogP contribution in [0.25, 0.3) is 5.03 Å². The van der Waals surface area contributed by atoms with Gasteiger partial charge in [0.25, 0.3) is 0 Å². The van der Waals surface area contributed by atoms with E-state index in [0.29, 0.717) is 13.1 Å². The fraction of sp³-hybridized carbons (Fsp3) is 0.222. The summed E-state index contributed by atoms with van der Waals surface area (Å²) in [4.78, 5) is 20.8. The first-order valence-electron chi connectivity index (χ1n) is 5.01. The predicted octanol–water partition coefficient (Wildman–Crippen LogP) is 2.58. The summed E-state index contributed by atoms with van der Waals surface area (Å²) < 4.78 is -0.203. The number of urea groups is 1. The number of aromatic nitrogens is 2. The molecule has 6 nitrogen and oxygen atoms in total. The van der Waals surface area contributed by atoms with E-state index in [4.69, 9.17) is 52.1 Å². The van der Waals surface area contributed by atoms with E-state index in [1.165, 1.54) is 4.90 Å². The van der Waals surface area contributed by atoms with Gasteiger partial charge in [0, 0.05) is 13.1 Å². The SMILES string of the molecule is Nc1nc(N2CCNC2=O)nc(Cl)c1C(Cl)=C(Cl)Cl. The minimum Gasteiger partial charge on any atom is -0.383 e. The Balaban J connectivity index is 2.48. The number of nitrogens with two attached hydrogens (primary N) is 1. The van der Waals surface area contributed by atoms with E-state index in [9.17, 15) is 4.79 Å². The first-order chi connectivity index (χ1) is 8.91. The van der Waals surface area contributed by atoms with E-state index in [0.717, 1.165) is 0 Å². The number of hydrogen-bond donors (Lipinski definition) is 2. The predicted molar refractivity (Wildman–Crippen MR) is 76.7 cm³/mol. The Morgan fingerprint density at radius 1 is 1.32 bits per heavy atom. The van der Waals surface area contributed by atoms with Crippen molar-refractivity contribution in [2.24, 2.45) is 0 Å². The number of anilines is 2. The quantitative estimate of drug-likeness (QED) is 0.809. The molecule has 2 rings (SSSR count). The zero-order valence-electron chi connectivity index (χ0n) is 9.25. The molecule has 0 radical (unpaired) electrons. The topological polar surface area (TPSA) is 84.1 Å². The van der Waals surface area contributed by atoms with Gasteiger partial charge in [0.05, 0.1) is 10.6 Å². The Bertz CT molecular complexity index is 549. The first kappa shape index (κ1) is 14.5. The zero-order chi connectivity index (χ0) is 14.2. The highest BCUT2D eigenvalue weighted by atomic mass is 35.5. The monoisotopic (exact) mass is 341 g/mol. The van der Waals surface area contributed by atoms with Crippen molar-refractivity contribution >= 4 is 69.2 Å². The second-order valence-corrected chi connectivity index (χ2v) is 5.22. The van der Waals surface area contributed by atoms with E-state index >= 15 is 0 Å². The summed E-state index contributed by atoms with van der Waals surface area (Å²) in [5.74, 6) is 0.0786. The number of carbonyl (C=O) groups is 1. The molecule has 10 heteroatoms. The maximum Gasteiger partial charge on any atom is 0.324 e. The number of rotatable bonds is 2. The summed E-state index contributed by atoms with van der Waals surface area (Å²) in [7, 11) is 0. The van der Waals surface area contributed by atoms with Gasteiger partial charge in [-0.1, -0.05) is 46.4 Å². The Labute approximate surface area is 128 Å². The Hall–Kier alpha value is -0.950. The molecule has 0 atom stereocenters. The summed E-state index contributed by atoms with van der Waals surface area (Å²) in [5.41, 5.74) is 5.88. The zero-order valence-corrected chi connectivity index (χ0v) is 12.3. The molecular weight excluding hydrogens is 336 g/mol. The highest BCUT2D eigenvalue weighted by molar-refractivity contribution is 6.67. The molecule has 1 aliphatic heterocycles. The fourth-order valence-electron chi connectivity index (χ4n) is 1.52. The third-order valence-electron chi connectivity index (χ3n) is 2.36. The van der Waals surface area contributed by atoms with Crippen LogP contribution in [0.4, 0.5) is 16.6 Å². The first-order valence-corrected chi connectivity index (χ1v) is 6.52. The molecule has 0 unspecified atom stereocenters. The van der Waals surface area contributed by atoms with Crippen LogP contribution in [0.3, 0.4) is 0 Å². The molecule has 0 aliphatic carbocycles. The molecule has 1 aromatic rings. The Morgan fingerprint density at radius 2 is 2.00 bits per heavy atom. The van der Waals surface area contributed by atoms with Crippen molar-refractivity contribution in [2.45, 2.75) is 0 Å². The summed E-state index contributed by atoms with van der Waals surface area (Å²) in [5, 5.41) is 2.52. The maximum absolute atomic E-state index is 11.5. The van der Waals surface area contributed by atoms with Crippen molar-refractivity contribution < 1.29 is 4.79 Å². The van der Waals surface area contributed by atoms with Crippen molar-refractivity contribution in [3.63, 3.8) is 0 Å². The van der Waals surface area contributed by atoms with Crippen molar-refractivity contribution in [2.75, 3.05) is 23.7 Å².